The number of nitrogens with zero attached hydrogens (tertiary/aromatic N) is 1. The number of benzene rings is 1. The van der Waals surface area contributed by atoms with Crippen LogP contribution in [0.4, 0.5) is 5.69 Å². The van der Waals surface area contributed by atoms with E-state index in [2.05, 4.69) is 24.8 Å². The van der Waals surface area contributed by atoms with Gasteiger partial charge in [0.15, 0.2) is 0 Å². The summed E-state index contributed by atoms with van der Waals surface area (Å²) in [6.07, 6.45) is 4.15. The first kappa shape index (κ1) is 10.7. The molecule has 0 bridgehead atoms. The van der Waals surface area contributed by atoms with E-state index in [1.165, 1.54) is 5.69 Å². The van der Waals surface area contributed by atoms with Crippen molar-refractivity contribution >= 4 is 17.7 Å². The Morgan fingerprint density at radius 2 is 2.19 bits per heavy atom. The average Bonchev–Trinajstić information content (AvgIpc) is 2.27. The van der Waals surface area contributed by atoms with Gasteiger partial charge in [-0.1, -0.05) is 12.2 Å². The predicted octanol–water partition coefficient (Wildman–Crippen LogP) is 2.03. The molecule has 3 nitrogen and oxygen atoms in total. The standard InChI is InChI=1S/C13H16N2O/c1-9(2)15-7-3-4-10-8-11(13(14)16)5-6-12(10)15/h3-6,8-9H,7H2,1-2H3,(H2,14,16). The first-order valence-electron chi connectivity index (χ1n) is 5.46. The van der Waals surface area contributed by atoms with Gasteiger partial charge >= 0.3 is 0 Å². The number of hydrogen-bond acceptors (Lipinski definition) is 2. The molecule has 0 aliphatic carbocycles. The number of hydrogen-bond donors (Lipinski definition) is 1. The SMILES string of the molecule is CC(C)N1CC=Cc2cc(C(N)=O)ccc21. The second kappa shape index (κ2) is 4.00. The zero-order valence-electron chi connectivity index (χ0n) is 9.60. The van der Waals surface area contributed by atoms with Crippen LogP contribution in [0.5, 0.6) is 0 Å². The summed E-state index contributed by atoms with van der Waals surface area (Å²) in [6, 6.07) is 6.06. The van der Waals surface area contributed by atoms with Crippen LogP contribution in [0.1, 0.15) is 29.8 Å². The zero-order valence-corrected chi connectivity index (χ0v) is 9.60. The lowest BCUT2D eigenvalue weighted by Crippen LogP contribution is -2.32. The van der Waals surface area contributed by atoms with Crippen LogP contribution in [0.25, 0.3) is 6.08 Å². The number of carbonyl (C=O) groups is 1. The molecule has 16 heavy (non-hydrogen) atoms. The van der Waals surface area contributed by atoms with E-state index in [0.717, 1.165) is 12.1 Å². The number of carbonyl (C=O) groups excluding carboxylic acids is 1. The van der Waals surface area contributed by atoms with Gasteiger partial charge in [0.2, 0.25) is 5.91 Å². The molecule has 1 aromatic rings. The highest BCUT2D eigenvalue weighted by molar-refractivity contribution is 5.94. The summed E-state index contributed by atoms with van der Waals surface area (Å²) in [6.45, 7) is 5.23. The topological polar surface area (TPSA) is 46.3 Å². The fourth-order valence-electron chi connectivity index (χ4n) is 1.98. The Balaban J connectivity index is 2.45. The molecule has 2 N–H and O–H groups in total. The maximum atomic E-state index is 11.1. The second-order valence-corrected chi connectivity index (χ2v) is 4.29. The quantitative estimate of drug-likeness (QED) is 0.822. The number of primary amides is 1. The van der Waals surface area contributed by atoms with Crippen LogP contribution in [0.2, 0.25) is 0 Å². The Labute approximate surface area is 95.6 Å². The van der Waals surface area contributed by atoms with Crippen molar-refractivity contribution in [2.24, 2.45) is 5.73 Å². The minimum absolute atomic E-state index is 0.377. The highest BCUT2D eigenvalue weighted by Gasteiger charge is 2.16. The summed E-state index contributed by atoms with van der Waals surface area (Å²) >= 11 is 0. The van der Waals surface area contributed by atoms with Gasteiger partial charge in [-0.3, -0.25) is 4.79 Å². The van der Waals surface area contributed by atoms with Crippen LogP contribution >= 0.6 is 0 Å². The maximum Gasteiger partial charge on any atom is 0.248 e. The Kier molecular flexibility index (Phi) is 2.69. The van der Waals surface area contributed by atoms with E-state index in [1.54, 1.807) is 6.07 Å². The van der Waals surface area contributed by atoms with Gasteiger partial charge in [-0.05, 0) is 37.6 Å². The normalized spacial score (nSPS) is 14.1. The van der Waals surface area contributed by atoms with Crippen molar-refractivity contribution in [2.45, 2.75) is 19.9 Å². The van der Waals surface area contributed by atoms with Gasteiger partial charge in [0, 0.05) is 23.8 Å². The molecular weight excluding hydrogens is 200 g/mol. The summed E-state index contributed by atoms with van der Waals surface area (Å²) in [5.74, 6) is -0.377. The Bertz CT molecular complexity index is 449. The summed E-state index contributed by atoms with van der Waals surface area (Å²) in [7, 11) is 0. The molecule has 1 amide bonds. The van der Waals surface area contributed by atoms with Crippen molar-refractivity contribution in [1.82, 2.24) is 0 Å². The monoisotopic (exact) mass is 216 g/mol. The molecule has 0 fully saturated rings. The van der Waals surface area contributed by atoms with E-state index in [4.69, 9.17) is 5.73 Å². The Hall–Kier alpha value is -1.77. The molecule has 2 rings (SSSR count). The largest absolute Gasteiger partial charge is 0.366 e. The number of fused-ring (bicyclic) bond motifs is 1. The molecule has 1 aromatic carbocycles. The molecule has 0 saturated heterocycles. The minimum atomic E-state index is -0.377. The van der Waals surface area contributed by atoms with E-state index in [1.807, 2.05) is 18.2 Å². The Morgan fingerprint density at radius 1 is 1.44 bits per heavy atom. The second-order valence-electron chi connectivity index (χ2n) is 4.29. The van der Waals surface area contributed by atoms with Gasteiger partial charge in [-0.2, -0.15) is 0 Å². The highest BCUT2D eigenvalue weighted by Crippen LogP contribution is 2.28. The number of amides is 1. The molecule has 0 atom stereocenters. The van der Waals surface area contributed by atoms with E-state index >= 15 is 0 Å². The van der Waals surface area contributed by atoms with Crippen LogP contribution in [0.15, 0.2) is 24.3 Å². The molecule has 0 aromatic heterocycles. The summed E-state index contributed by atoms with van der Waals surface area (Å²) in [4.78, 5) is 13.4. The fourth-order valence-corrected chi connectivity index (χ4v) is 1.98. The third kappa shape index (κ3) is 1.81. The predicted molar refractivity (Wildman–Crippen MR) is 66.5 cm³/mol. The van der Waals surface area contributed by atoms with E-state index in [9.17, 15) is 4.79 Å². The van der Waals surface area contributed by atoms with Gasteiger partial charge in [0.05, 0.1) is 0 Å². The lowest BCUT2D eigenvalue weighted by Gasteiger charge is -2.32. The van der Waals surface area contributed by atoms with E-state index in [0.29, 0.717) is 11.6 Å². The zero-order chi connectivity index (χ0) is 11.7. The van der Waals surface area contributed by atoms with Crippen molar-refractivity contribution in [3.05, 3.63) is 35.4 Å². The van der Waals surface area contributed by atoms with Gasteiger partial charge in [0.1, 0.15) is 0 Å². The molecule has 84 valence electrons. The molecule has 1 aliphatic rings. The van der Waals surface area contributed by atoms with Crippen LogP contribution in [0.3, 0.4) is 0 Å². The minimum Gasteiger partial charge on any atom is -0.366 e. The van der Waals surface area contributed by atoms with Crippen molar-refractivity contribution in [3.8, 4) is 0 Å². The van der Waals surface area contributed by atoms with E-state index < -0.39 is 0 Å². The van der Waals surface area contributed by atoms with Crippen LogP contribution < -0.4 is 10.6 Å². The first-order valence-corrected chi connectivity index (χ1v) is 5.46. The average molecular weight is 216 g/mol. The van der Waals surface area contributed by atoms with Gasteiger partial charge in [-0.25, -0.2) is 0 Å². The Morgan fingerprint density at radius 3 is 2.81 bits per heavy atom. The lowest BCUT2D eigenvalue weighted by atomic mass is 10.0. The van der Waals surface area contributed by atoms with Crippen molar-refractivity contribution in [2.75, 3.05) is 11.4 Å². The molecule has 0 saturated carbocycles. The van der Waals surface area contributed by atoms with Gasteiger partial charge in [-0.15, -0.1) is 0 Å². The number of rotatable bonds is 2. The summed E-state index contributed by atoms with van der Waals surface area (Å²) in [5, 5.41) is 0. The van der Waals surface area contributed by atoms with Gasteiger partial charge < -0.3 is 10.6 Å². The maximum absolute atomic E-state index is 11.1. The van der Waals surface area contributed by atoms with E-state index in [-0.39, 0.29) is 5.91 Å². The van der Waals surface area contributed by atoms with Crippen molar-refractivity contribution in [1.29, 1.82) is 0 Å². The third-order valence-corrected chi connectivity index (χ3v) is 2.84. The van der Waals surface area contributed by atoms with Gasteiger partial charge in [0.25, 0.3) is 0 Å². The molecule has 0 spiro atoms. The molecular formula is C13H16N2O. The first-order chi connectivity index (χ1) is 7.59. The highest BCUT2D eigenvalue weighted by atomic mass is 16.1. The number of anilines is 1. The summed E-state index contributed by atoms with van der Waals surface area (Å²) in [5.41, 5.74) is 8.06. The van der Waals surface area contributed by atoms with Crippen molar-refractivity contribution in [3.63, 3.8) is 0 Å². The van der Waals surface area contributed by atoms with Crippen LogP contribution in [-0.4, -0.2) is 18.5 Å². The fraction of sp³-hybridized carbons (Fsp3) is 0.308. The van der Waals surface area contributed by atoms with Crippen LogP contribution in [-0.2, 0) is 0 Å². The lowest BCUT2D eigenvalue weighted by molar-refractivity contribution is 0.100. The molecule has 0 unspecified atom stereocenters. The molecule has 1 heterocycles. The number of nitrogens with two attached hydrogens (primary N) is 1. The smallest absolute Gasteiger partial charge is 0.248 e. The molecule has 1 aliphatic heterocycles. The third-order valence-electron chi connectivity index (χ3n) is 2.84. The summed E-state index contributed by atoms with van der Waals surface area (Å²) < 4.78 is 0. The van der Waals surface area contributed by atoms with Crippen molar-refractivity contribution < 1.29 is 4.79 Å². The van der Waals surface area contributed by atoms with Crippen LogP contribution in [0, 0.1) is 0 Å². The molecule has 0 radical (unpaired) electrons. The molecule has 3 heteroatoms.